The number of rotatable bonds is 3. The lowest BCUT2D eigenvalue weighted by atomic mass is 10.2. The monoisotopic (exact) mass is 233 g/mol. The van der Waals surface area contributed by atoms with Crippen LogP contribution in [0, 0.1) is 0 Å². The highest BCUT2D eigenvalue weighted by atomic mass is 28.4. The summed E-state index contributed by atoms with van der Waals surface area (Å²) >= 11 is 0. The molecule has 0 N–H and O–H groups in total. The minimum Gasteiger partial charge on any atom is -0.518 e. The minimum absolute atomic E-state index is 0.512. The van der Waals surface area contributed by atoms with Crippen LogP contribution in [0.15, 0.2) is 40.9 Å². The third kappa shape index (κ3) is 2.73. The van der Waals surface area contributed by atoms with E-state index in [4.69, 9.17) is 8.95 Å². The van der Waals surface area contributed by atoms with Crippen molar-refractivity contribution in [2.75, 3.05) is 0 Å². The lowest BCUT2D eigenvalue weighted by Crippen LogP contribution is -2.28. The van der Waals surface area contributed by atoms with Gasteiger partial charge >= 0.3 is 0 Å². The van der Waals surface area contributed by atoms with Crippen LogP contribution >= 0.6 is 0 Å². The van der Waals surface area contributed by atoms with Crippen LogP contribution in [0.25, 0.3) is 11.3 Å². The molecular weight excluding hydrogens is 218 g/mol. The number of hydrogen-bond donors (Lipinski definition) is 0. The van der Waals surface area contributed by atoms with Gasteiger partial charge in [0.15, 0.2) is 0 Å². The normalized spacial score (nSPS) is 11.4. The molecule has 4 heteroatoms. The molecule has 0 radical (unpaired) electrons. The highest BCUT2D eigenvalue weighted by Gasteiger charge is 2.19. The van der Waals surface area contributed by atoms with E-state index < -0.39 is 8.32 Å². The molecule has 1 heterocycles. The van der Waals surface area contributed by atoms with E-state index in [0.29, 0.717) is 5.95 Å². The Morgan fingerprint density at radius 2 is 1.81 bits per heavy atom. The van der Waals surface area contributed by atoms with Gasteiger partial charge in [0, 0.05) is 11.6 Å². The maximum Gasteiger partial charge on any atom is 0.298 e. The van der Waals surface area contributed by atoms with Gasteiger partial charge in [-0.2, -0.15) is 0 Å². The number of benzene rings is 1. The van der Waals surface area contributed by atoms with Gasteiger partial charge in [0.1, 0.15) is 5.69 Å². The molecule has 0 aliphatic rings. The van der Waals surface area contributed by atoms with Gasteiger partial charge in [-0.1, -0.05) is 35.5 Å². The van der Waals surface area contributed by atoms with E-state index in [1.165, 1.54) is 0 Å². The van der Waals surface area contributed by atoms with Crippen molar-refractivity contribution >= 4 is 8.32 Å². The van der Waals surface area contributed by atoms with Gasteiger partial charge in [0.05, 0.1) is 0 Å². The van der Waals surface area contributed by atoms with Crippen molar-refractivity contribution in [1.29, 1.82) is 0 Å². The maximum atomic E-state index is 5.71. The van der Waals surface area contributed by atoms with Gasteiger partial charge in [-0.25, -0.2) is 0 Å². The van der Waals surface area contributed by atoms with Gasteiger partial charge in [-0.05, 0) is 19.6 Å². The maximum absolute atomic E-state index is 5.71. The summed E-state index contributed by atoms with van der Waals surface area (Å²) in [6.45, 7) is 6.33. The molecule has 0 atom stereocenters. The Balaban J connectivity index is 2.21. The minimum atomic E-state index is -1.62. The van der Waals surface area contributed by atoms with Crippen molar-refractivity contribution in [3.63, 3.8) is 0 Å². The average Bonchev–Trinajstić information content (AvgIpc) is 2.65. The van der Waals surface area contributed by atoms with E-state index in [9.17, 15) is 0 Å². The molecule has 0 aliphatic heterocycles. The SMILES string of the molecule is C[Si](C)(C)Oc1cc(-c2ccccc2)no1. The molecule has 0 amide bonds. The molecule has 84 valence electrons. The Morgan fingerprint density at radius 3 is 2.44 bits per heavy atom. The highest BCUT2D eigenvalue weighted by molar-refractivity contribution is 6.70. The smallest absolute Gasteiger partial charge is 0.298 e. The number of nitrogens with zero attached hydrogens (tertiary/aromatic N) is 1. The van der Waals surface area contributed by atoms with E-state index >= 15 is 0 Å². The molecule has 1 aromatic carbocycles. The van der Waals surface area contributed by atoms with Crippen LogP contribution in [0.4, 0.5) is 0 Å². The molecule has 2 rings (SSSR count). The summed E-state index contributed by atoms with van der Waals surface area (Å²) < 4.78 is 10.9. The standard InChI is InChI=1S/C12H15NO2Si/c1-16(2,3)15-12-9-11(13-14-12)10-7-5-4-6-8-10/h4-9H,1-3H3. The van der Waals surface area contributed by atoms with Gasteiger partial charge in [0.2, 0.25) is 8.32 Å². The fourth-order valence-corrected chi connectivity index (χ4v) is 2.05. The second-order valence-electron chi connectivity index (χ2n) is 4.61. The Hall–Kier alpha value is -1.55. The molecule has 0 bridgehead atoms. The van der Waals surface area contributed by atoms with Crippen LogP contribution in [0.5, 0.6) is 5.95 Å². The molecular formula is C12H15NO2Si. The largest absolute Gasteiger partial charge is 0.518 e. The topological polar surface area (TPSA) is 35.3 Å². The van der Waals surface area contributed by atoms with E-state index in [1.807, 2.05) is 36.4 Å². The summed E-state index contributed by atoms with van der Waals surface area (Å²) in [5.41, 5.74) is 1.85. The van der Waals surface area contributed by atoms with Crippen molar-refractivity contribution in [3.8, 4) is 17.2 Å². The molecule has 16 heavy (non-hydrogen) atoms. The third-order valence-electron chi connectivity index (χ3n) is 1.96. The second kappa shape index (κ2) is 4.13. The Morgan fingerprint density at radius 1 is 1.12 bits per heavy atom. The van der Waals surface area contributed by atoms with Crippen molar-refractivity contribution in [1.82, 2.24) is 5.16 Å². The van der Waals surface area contributed by atoms with E-state index in [1.54, 1.807) is 0 Å². The Bertz CT molecular complexity index is 459. The molecule has 0 unspecified atom stereocenters. The lowest BCUT2D eigenvalue weighted by Gasteiger charge is -2.14. The van der Waals surface area contributed by atoms with E-state index in [0.717, 1.165) is 11.3 Å². The van der Waals surface area contributed by atoms with Gasteiger partial charge in [-0.15, -0.1) is 0 Å². The summed E-state index contributed by atoms with van der Waals surface area (Å²) in [6, 6.07) is 11.8. The van der Waals surface area contributed by atoms with Crippen LogP contribution in [-0.4, -0.2) is 13.5 Å². The number of aromatic nitrogens is 1. The van der Waals surface area contributed by atoms with E-state index in [-0.39, 0.29) is 0 Å². The van der Waals surface area contributed by atoms with Gasteiger partial charge in [-0.3, -0.25) is 0 Å². The van der Waals surface area contributed by atoms with E-state index in [2.05, 4.69) is 24.8 Å². The summed E-state index contributed by atoms with van der Waals surface area (Å²) in [5.74, 6) is 0.512. The van der Waals surface area contributed by atoms with Crippen LogP contribution in [0.3, 0.4) is 0 Å². The molecule has 2 aromatic rings. The zero-order chi connectivity index (χ0) is 11.6. The molecule has 0 saturated carbocycles. The first-order valence-corrected chi connectivity index (χ1v) is 8.66. The summed E-state index contributed by atoms with van der Waals surface area (Å²) in [6.07, 6.45) is 0. The second-order valence-corrected chi connectivity index (χ2v) is 9.04. The molecule has 0 aliphatic carbocycles. The zero-order valence-electron chi connectivity index (χ0n) is 9.73. The predicted molar refractivity (Wildman–Crippen MR) is 65.9 cm³/mol. The summed E-state index contributed by atoms with van der Waals surface area (Å²) in [4.78, 5) is 0. The van der Waals surface area contributed by atoms with Crippen LogP contribution in [0.1, 0.15) is 0 Å². The van der Waals surface area contributed by atoms with Crippen LogP contribution in [0.2, 0.25) is 19.6 Å². The van der Waals surface area contributed by atoms with Crippen molar-refractivity contribution in [2.45, 2.75) is 19.6 Å². The Kier molecular flexibility index (Phi) is 2.83. The Labute approximate surface area is 96.2 Å². The lowest BCUT2D eigenvalue weighted by molar-refractivity contribution is 0.317. The first-order chi connectivity index (χ1) is 7.54. The first-order valence-electron chi connectivity index (χ1n) is 5.26. The van der Waals surface area contributed by atoms with Crippen molar-refractivity contribution in [3.05, 3.63) is 36.4 Å². The predicted octanol–water partition coefficient (Wildman–Crippen LogP) is 3.56. The number of hydrogen-bond acceptors (Lipinski definition) is 3. The van der Waals surface area contributed by atoms with Crippen LogP contribution < -0.4 is 4.43 Å². The summed E-state index contributed by atoms with van der Waals surface area (Å²) in [7, 11) is -1.62. The fourth-order valence-electron chi connectivity index (χ4n) is 1.35. The van der Waals surface area contributed by atoms with Crippen LogP contribution in [-0.2, 0) is 0 Å². The van der Waals surface area contributed by atoms with Crippen molar-refractivity contribution in [2.24, 2.45) is 0 Å². The van der Waals surface area contributed by atoms with Gasteiger partial charge in [0.25, 0.3) is 5.95 Å². The molecule has 0 fully saturated rings. The first kappa shape index (κ1) is 10.9. The third-order valence-corrected chi connectivity index (χ3v) is 2.78. The van der Waals surface area contributed by atoms with Crippen molar-refractivity contribution < 1.29 is 8.95 Å². The average molecular weight is 233 g/mol. The molecule has 0 saturated heterocycles. The quantitative estimate of drug-likeness (QED) is 0.760. The molecule has 0 spiro atoms. The zero-order valence-corrected chi connectivity index (χ0v) is 10.7. The molecule has 3 nitrogen and oxygen atoms in total. The van der Waals surface area contributed by atoms with Gasteiger partial charge < -0.3 is 8.95 Å². The fraction of sp³-hybridized carbons (Fsp3) is 0.250. The summed E-state index contributed by atoms with van der Waals surface area (Å²) in [5, 5.41) is 3.99. The highest BCUT2D eigenvalue weighted by Crippen LogP contribution is 2.24. The molecule has 1 aromatic heterocycles.